The fraction of sp³-hybridized carbons (Fsp3) is 0.556. The fourth-order valence-corrected chi connectivity index (χ4v) is 1.12. The van der Waals surface area contributed by atoms with Gasteiger partial charge >= 0.3 is 0 Å². The number of imidazole rings is 1. The smallest absolute Gasteiger partial charge is 0.224 e. The maximum atomic E-state index is 11.3. The second kappa shape index (κ2) is 5.00. The number of hydrogen-bond acceptors (Lipinski definition) is 2. The number of carbonyl (C=O) groups is 1. The Bertz CT molecular complexity index is 311. The summed E-state index contributed by atoms with van der Waals surface area (Å²) in [7, 11) is 1.89. The van der Waals surface area contributed by atoms with Crippen molar-refractivity contribution in [2.24, 2.45) is 13.0 Å². The summed E-state index contributed by atoms with van der Waals surface area (Å²) in [6.45, 7) is 2.24. The monoisotopic (exact) mass is 215 g/mol. The minimum atomic E-state index is -0.156. The second-order valence-corrected chi connectivity index (χ2v) is 3.54. The zero-order valence-electron chi connectivity index (χ0n) is 8.33. The lowest BCUT2D eigenvalue weighted by Gasteiger charge is -2.08. The van der Waals surface area contributed by atoms with Gasteiger partial charge in [0.2, 0.25) is 5.91 Å². The van der Waals surface area contributed by atoms with E-state index in [0.29, 0.717) is 12.4 Å². The summed E-state index contributed by atoms with van der Waals surface area (Å²) < 4.78 is 1.87. The molecule has 1 amide bonds. The molecule has 1 aromatic heterocycles. The summed E-state index contributed by atoms with van der Waals surface area (Å²) in [4.78, 5) is 15.4. The number of hydrogen-bond donors (Lipinski definition) is 1. The normalized spacial score (nSPS) is 12.5. The second-order valence-electron chi connectivity index (χ2n) is 3.23. The van der Waals surface area contributed by atoms with Crippen LogP contribution >= 0.6 is 11.6 Å². The molecule has 0 fully saturated rings. The summed E-state index contributed by atoms with van der Waals surface area (Å²) in [6, 6.07) is 0. The van der Waals surface area contributed by atoms with Crippen molar-refractivity contribution in [1.29, 1.82) is 0 Å². The van der Waals surface area contributed by atoms with Gasteiger partial charge in [-0.25, -0.2) is 4.98 Å². The van der Waals surface area contributed by atoms with Gasteiger partial charge in [-0.2, -0.15) is 0 Å². The van der Waals surface area contributed by atoms with E-state index in [1.807, 2.05) is 17.8 Å². The summed E-state index contributed by atoms with van der Waals surface area (Å²) in [6.07, 6.45) is 3.54. The molecule has 78 valence electrons. The lowest BCUT2D eigenvalue weighted by atomic mass is 10.2. The van der Waals surface area contributed by atoms with E-state index in [0.717, 1.165) is 5.82 Å². The third-order valence-corrected chi connectivity index (χ3v) is 2.48. The van der Waals surface area contributed by atoms with E-state index in [1.54, 1.807) is 13.1 Å². The Balaban J connectivity index is 2.41. The molecule has 0 radical (unpaired) electrons. The zero-order chi connectivity index (χ0) is 10.6. The number of aryl methyl sites for hydroxylation is 1. The maximum absolute atomic E-state index is 11.3. The van der Waals surface area contributed by atoms with Gasteiger partial charge in [-0.1, -0.05) is 6.92 Å². The van der Waals surface area contributed by atoms with Crippen LogP contribution in [0.3, 0.4) is 0 Å². The predicted molar refractivity (Wildman–Crippen MR) is 54.9 cm³/mol. The van der Waals surface area contributed by atoms with E-state index in [9.17, 15) is 4.79 Å². The topological polar surface area (TPSA) is 46.9 Å². The van der Waals surface area contributed by atoms with Crippen LogP contribution in [0.4, 0.5) is 0 Å². The van der Waals surface area contributed by atoms with Crippen LogP contribution in [-0.4, -0.2) is 21.3 Å². The van der Waals surface area contributed by atoms with E-state index < -0.39 is 0 Å². The highest BCUT2D eigenvalue weighted by Crippen LogP contribution is 1.99. The largest absolute Gasteiger partial charge is 0.349 e. The van der Waals surface area contributed by atoms with Gasteiger partial charge in [-0.05, 0) is 0 Å². The Hall–Kier alpha value is -1.03. The van der Waals surface area contributed by atoms with Gasteiger partial charge < -0.3 is 9.88 Å². The van der Waals surface area contributed by atoms with Crippen LogP contribution in [0.1, 0.15) is 12.7 Å². The molecule has 0 aliphatic rings. The SMILES string of the molecule is CC(CCl)C(=O)NCc1nccn1C. The van der Waals surface area contributed by atoms with E-state index in [-0.39, 0.29) is 11.8 Å². The molecule has 0 saturated heterocycles. The molecule has 4 nitrogen and oxygen atoms in total. The minimum absolute atomic E-state index is 0.0389. The highest BCUT2D eigenvalue weighted by molar-refractivity contribution is 6.19. The number of halogens is 1. The summed E-state index contributed by atoms with van der Waals surface area (Å²) >= 11 is 5.56. The molecule has 5 heteroatoms. The Morgan fingerprint density at radius 1 is 1.79 bits per heavy atom. The molecule has 1 aromatic rings. The Morgan fingerprint density at radius 2 is 2.50 bits per heavy atom. The quantitative estimate of drug-likeness (QED) is 0.759. The molecular weight excluding hydrogens is 202 g/mol. The molecule has 0 saturated carbocycles. The molecule has 1 heterocycles. The number of carbonyl (C=O) groups excluding carboxylic acids is 1. The van der Waals surface area contributed by atoms with Crippen LogP contribution < -0.4 is 5.32 Å². The molecule has 0 aliphatic carbocycles. The summed E-state index contributed by atoms with van der Waals surface area (Å²) in [5.41, 5.74) is 0. The fourth-order valence-electron chi connectivity index (χ4n) is 0.977. The van der Waals surface area contributed by atoms with Crippen molar-refractivity contribution in [2.45, 2.75) is 13.5 Å². The van der Waals surface area contributed by atoms with Crippen molar-refractivity contribution in [1.82, 2.24) is 14.9 Å². The first-order valence-corrected chi connectivity index (χ1v) is 4.98. The van der Waals surface area contributed by atoms with Crippen molar-refractivity contribution < 1.29 is 4.79 Å². The molecule has 0 aromatic carbocycles. The first-order chi connectivity index (χ1) is 6.65. The lowest BCUT2D eigenvalue weighted by Crippen LogP contribution is -2.30. The van der Waals surface area contributed by atoms with Crippen LogP contribution in [0.5, 0.6) is 0 Å². The predicted octanol–water partition coefficient (Wildman–Crippen LogP) is 0.911. The van der Waals surface area contributed by atoms with Crippen molar-refractivity contribution in [3.8, 4) is 0 Å². The molecule has 1 atom stereocenters. The van der Waals surface area contributed by atoms with Gasteiger partial charge in [-0.15, -0.1) is 11.6 Å². The molecule has 0 aliphatic heterocycles. The molecule has 1 N–H and O–H groups in total. The summed E-state index contributed by atoms with van der Waals surface area (Å²) in [5, 5.41) is 2.77. The van der Waals surface area contributed by atoms with E-state index in [4.69, 9.17) is 11.6 Å². The number of amides is 1. The van der Waals surface area contributed by atoms with E-state index in [2.05, 4.69) is 10.3 Å². The minimum Gasteiger partial charge on any atom is -0.349 e. The number of nitrogens with one attached hydrogen (secondary N) is 1. The first-order valence-electron chi connectivity index (χ1n) is 4.45. The summed E-state index contributed by atoms with van der Waals surface area (Å²) in [5.74, 6) is 0.979. The third kappa shape index (κ3) is 2.73. The molecule has 1 unspecified atom stereocenters. The highest BCUT2D eigenvalue weighted by Gasteiger charge is 2.11. The number of rotatable bonds is 4. The van der Waals surface area contributed by atoms with Crippen LogP contribution in [-0.2, 0) is 18.4 Å². The van der Waals surface area contributed by atoms with Crippen molar-refractivity contribution >= 4 is 17.5 Å². The zero-order valence-corrected chi connectivity index (χ0v) is 9.08. The Labute approximate surface area is 88.3 Å². The Kier molecular flexibility index (Phi) is 3.95. The Morgan fingerprint density at radius 3 is 3.00 bits per heavy atom. The molecule has 0 bridgehead atoms. The van der Waals surface area contributed by atoms with Crippen molar-refractivity contribution in [3.05, 3.63) is 18.2 Å². The lowest BCUT2D eigenvalue weighted by molar-refractivity contribution is -0.124. The number of nitrogens with zero attached hydrogens (tertiary/aromatic N) is 2. The third-order valence-electron chi connectivity index (χ3n) is 2.02. The van der Waals surface area contributed by atoms with Gasteiger partial charge in [0, 0.05) is 31.2 Å². The highest BCUT2D eigenvalue weighted by atomic mass is 35.5. The van der Waals surface area contributed by atoms with Gasteiger partial charge in [0.15, 0.2) is 0 Å². The van der Waals surface area contributed by atoms with Crippen molar-refractivity contribution in [2.75, 3.05) is 5.88 Å². The van der Waals surface area contributed by atoms with Gasteiger partial charge in [0.25, 0.3) is 0 Å². The molecule has 0 spiro atoms. The first kappa shape index (κ1) is 11.0. The van der Waals surface area contributed by atoms with Gasteiger partial charge in [0.05, 0.1) is 6.54 Å². The average Bonchev–Trinajstić information content (AvgIpc) is 2.59. The number of aromatic nitrogens is 2. The van der Waals surface area contributed by atoms with Crippen LogP contribution in [0.25, 0.3) is 0 Å². The van der Waals surface area contributed by atoms with Crippen LogP contribution in [0, 0.1) is 5.92 Å². The number of alkyl halides is 1. The standard InChI is InChI=1S/C9H14ClN3O/c1-7(5-10)9(14)12-6-8-11-3-4-13(8)2/h3-4,7H,5-6H2,1-2H3,(H,12,14). The van der Waals surface area contributed by atoms with Crippen molar-refractivity contribution in [3.63, 3.8) is 0 Å². The van der Waals surface area contributed by atoms with Gasteiger partial charge in [0.1, 0.15) is 5.82 Å². The maximum Gasteiger partial charge on any atom is 0.224 e. The molecule has 14 heavy (non-hydrogen) atoms. The average molecular weight is 216 g/mol. The van der Waals surface area contributed by atoms with Crippen LogP contribution in [0.2, 0.25) is 0 Å². The van der Waals surface area contributed by atoms with E-state index in [1.165, 1.54) is 0 Å². The molecular formula is C9H14ClN3O. The van der Waals surface area contributed by atoms with Gasteiger partial charge in [-0.3, -0.25) is 4.79 Å². The van der Waals surface area contributed by atoms with E-state index >= 15 is 0 Å². The molecule has 1 rings (SSSR count). The van der Waals surface area contributed by atoms with Crippen LogP contribution in [0.15, 0.2) is 12.4 Å².